The summed E-state index contributed by atoms with van der Waals surface area (Å²) in [7, 11) is 0. The van der Waals surface area contributed by atoms with Crippen LogP contribution in [0, 0.1) is 0 Å². The van der Waals surface area contributed by atoms with Crippen molar-refractivity contribution in [2.24, 2.45) is 0 Å². The van der Waals surface area contributed by atoms with E-state index in [0.29, 0.717) is 19.8 Å². The van der Waals surface area contributed by atoms with Crippen LogP contribution in [0.1, 0.15) is 13.3 Å². The summed E-state index contributed by atoms with van der Waals surface area (Å²) in [5, 5.41) is 5.99. The maximum atomic E-state index is 11.2. The minimum Gasteiger partial charge on any atom is -0.374 e. The van der Waals surface area contributed by atoms with Crippen LogP contribution in [0.3, 0.4) is 0 Å². The predicted octanol–water partition coefficient (Wildman–Crippen LogP) is -0.482. The first-order valence-corrected chi connectivity index (χ1v) is 5.49. The van der Waals surface area contributed by atoms with Crippen molar-refractivity contribution in [2.75, 3.05) is 39.5 Å². The van der Waals surface area contributed by atoms with Crippen molar-refractivity contribution in [1.29, 1.82) is 0 Å². The highest BCUT2D eigenvalue weighted by Crippen LogP contribution is 1.93. The number of hydrogen-bond donors (Lipinski definition) is 2. The predicted molar refractivity (Wildman–Crippen MR) is 56.7 cm³/mol. The fourth-order valence-electron chi connectivity index (χ4n) is 1.34. The first kappa shape index (κ1) is 12.4. The minimum absolute atomic E-state index is 0.0716. The molecule has 5 heteroatoms. The molecule has 1 fully saturated rings. The molecule has 1 atom stereocenters. The summed E-state index contributed by atoms with van der Waals surface area (Å²) in [5.41, 5.74) is 0. The highest BCUT2D eigenvalue weighted by Gasteiger charge is 2.13. The molecule has 1 aliphatic heterocycles. The van der Waals surface area contributed by atoms with Gasteiger partial charge in [0, 0.05) is 26.2 Å². The Labute approximate surface area is 90.5 Å². The maximum absolute atomic E-state index is 11.2. The second-order valence-electron chi connectivity index (χ2n) is 3.55. The van der Waals surface area contributed by atoms with E-state index in [-0.39, 0.29) is 18.6 Å². The largest absolute Gasteiger partial charge is 0.374 e. The van der Waals surface area contributed by atoms with Gasteiger partial charge in [-0.15, -0.1) is 0 Å². The fraction of sp³-hybridized carbons (Fsp3) is 0.900. The quantitative estimate of drug-likeness (QED) is 0.589. The van der Waals surface area contributed by atoms with Crippen LogP contribution < -0.4 is 10.6 Å². The monoisotopic (exact) mass is 216 g/mol. The maximum Gasteiger partial charge on any atom is 0.246 e. The molecule has 0 aliphatic carbocycles. The summed E-state index contributed by atoms with van der Waals surface area (Å²) in [4.78, 5) is 11.2. The van der Waals surface area contributed by atoms with Gasteiger partial charge in [0.15, 0.2) is 0 Å². The zero-order chi connectivity index (χ0) is 10.9. The molecule has 2 N–H and O–H groups in total. The molecule has 1 amide bonds. The van der Waals surface area contributed by atoms with E-state index in [4.69, 9.17) is 9.47 Å². The van der Waals surface area contributed by atoms with Crippen molar-refractivity contribution in [3.8, 4) is 0 Å². The Bertz CT molecular complexity index is 182. The zero-order valence-corrected chi connectivity index (χ0v) is 9.25. The molecule has 0 bridgehead atoms. The zero-order valence-electron chi connectivity index (χ0n) is 9.25. The van der Waals surface area contributed by atoms with Gasteiger partial charge in [-0.3, -0.25) is 4.79 Å². The van der Waals surface area contributed by atoms with Crippen molar-refractivity contribution < 1.29 is 14.3 Å². The summed E-state index contributed by atoms with van der Waals surface area (Å²) in [5.74, 6) is -0.0716. The third-order valence-corrected chi connectivity index (χ3v) is 2.11. The highest BCUT2D eigenvalue weighted by molar-refractivity contribution is 5.77. The van der Waals surface area contributed by atoms with Crippen molar-refractivity contribution >= 4 is 5.91 Å². The summed E-state index contributed by atoms with van der Waals surface area (Å²) < 4.78 is 10.6. The van der Waals surface area contributed by atoms with Crippen LogP contribution in [0.2, 0.25) is 0 Å². The van der Waals surface area contributed by atoms with Crippen molar-refractivity contribution in [3.63, 3.8) is 0 Å². The summed E-state index contributed by atoms with van der Waals surface area (Å²) >= 11 is 0. The second-order valence-corrected chi connectivity index (χ2v) is 3.55. The van der Waals surface area contributed by atoms with Crippen molar-refractivity contribution in [2.45, 2.75) is 19.4 Å². The molecule has 0 aromatic carbocycles. The Balaban J connectivity index is 2.00. The number of carbonyl (C=O) groups is 1. The van der Waals surface area contributed by atoms with Crippen LogP contribution >= 0.6 is 0 Å². The van der Waals surface area contributed by atoms with E-state index in [1.165, 1.54) is 0 Å². The Kier molecular flexibility index (Phi) is 6.31. The van der Waals surface area contributed by atoms with Gasteiger partial charge in [0.2, 0.25) is 5.91 Å². The van der Waals surface area contributed by atoms with E-state index < -0.39 is 0 Å². The third-order valence-electron chi connectivity index (χ3n) is 2.11. The first-order chi connectivity index (χ1) is 7.33. The molecule has 0 aromatic heterocycles. The van der Waals surface area contributed by atoms with Gasteiger partial charge in [-0.2, -0.15) is 0 Å². The Morgan fingerprint density at radius 3 is 3.20 bits per heavy atom. The number of morpholine rings is 1. The van der Waals surface area contributed by atoms with Crippen LogP contribution in [0.25, 0.3) is 0 Å². The number of rotatable bonds is 6. The lowest BCUT2D eigenvalue weighted by Crippen LogP contribution is -2.45. The van der Waals surface area contributed by atoms with E-state index in [9.17, 15) is 4.79 Å². The molecule has 1 aliphatic rings. The van der Waals surface area contributed by atoms with Gasteiger partial charge in [0.05, 0.1) is 12.7 Å². The average molecular weight is 216 g/mol. The van der Waals surface area contributed by atoms with Crippen molar-refractivity contribution in [3.05, 3.63) is 0 Å². The molecular weight excluding hydrogens is 196 g/mol. The Hall–Kier alpha value is -0.650. The molecule has 1 saturated heterocycles. The second kappa shape index (κ2) is 7.62. The third kappa shape index (κ3) is 5.71. The highest BCUT2D eigenvalue weighted by atomic mass is 16.5. The number of carbonyl (C=O) groups excluding carboxylic acids is 1. The molecule has 1 unspecified atom stereocenters. The van der Waals surface area contributed by atoms with Crippen LogP contribution in [-0.4, -0.2) is 51.5 Å². The molecule has 5 nitrogen and oxygen atoms in total. The smallest absolute Gasteiger partial charge is 0.246 e. The van der Waals surface area contributed by atoms with Gasteiger partial charge in [-0.1, -0.05) is 6.92 Å². The van der Waals surface area contributed by atoms with Crippen molar-refractivity contribution in [1.82, 2.24) is 10.6 Å². The van der Waals surface area contributed by atoms with E-state index >= 15 is 0 Å². The molecular formula is C10H20N2O3. The average Bonchev–Trinajstić information content (AvgIpc) is 2.28. The molecule has 15 heavy (non-hydrogen) atoms. The molecule has 0 saturated carbocycles. The molecule has 1 heterocycles. The lowest BCUT2D eigenvalue weighted by Gasteiger charge is -2.23. The van der Waals surface area contributed by atoms with Gasteiger partial charge in [0.1, 0.15) is 6.61 Å². The molecule has 0 aromatic rings. The van der Waals surface area contributed by atoms with Crippen LogP contribution in [-0.2, 0) is 14.3 Å². The van der Waals surface area contributed by atoms with E-state index in [2.05, 4.69) is 10.6 Å². The normalized spacial score (nSPS) is 21.3. The number of nitrogens with one attached hydrogen (secondary N) is 2. The SMILES string of the molecule is CCCOCC(=O)NCC1CNCCO1. The number of amides is 1. The van der Waals surface area contributed by atoms with Gasteiger partial charge >= 0.3 is 0 Å². The van der Waals surface area contributed by atoms with Crippen LogP contribution in [0.4, 0.5) is 0 Å². The van der Waals surface area contributed by atoms with Gasteiger partial charge in [-0.25, -0.2) is 0 Å². The van der Waals surface area contributed by atoms with E-state index in [0.717, 1.165) is 19.5 Å². The topological polar surface area (TPSA) is 59.6 Å². The fourth-order valence-corrected chi connectivity index (χ4v) is 1.34. The lowest BCUT2D eigenvalue weighted by molar-refractivity contribution is -0.126. The summed E-state index contributed by atoms with van der Waals surface area (Å²) in [6, 6.07) is 0. The molecule has 0 spiro atoms. The van der Waals surface area contributed by atoms with E-state index in [1.54, 1.807) is 0 Å². The van der Waals surface area contributed by atoms with Gasteiger partial charge < -0.3 is 20.1 Å². The van der Waals surface area contributed by atoms with Crippen LogP contribution in [0.5, 0.6) is 0 Å². The Morgan fingerprint density at radius 2 is 2.53 bits per heavy atom. The summed E-state index contributed by atoms with van der Waals surface area (Å²) in [6.45, 7) is 5.76. The molecule has 0 radical (unpaired) electrons. The van der Waals surface area contributed by atoms with Crippen LogP contribution in [0.15, 0.2) is 0 Å². The molecule has 1 rings (SSSR count). The van der Waals surface area contributed by atoms with E-state index in [1.807, 2.05) is 6.92 Å². The van der Waals surface area contributed by atoms with Gasteiger partial charge in [0.25, 0.3) is 0 Å². The van der Waals surface area contributed by atoms with Gasteiger partial charge in [-0.05, 0) is 6.42 Å². The Morgan fingerprint density at radius 1 is 1.67 bits per heavy atom. The number of ether oxygens (including phenoxy) is 2. The lowest BCUT2D eigenvalue weighted by atomic mass is 10.3. The molecule has 88 valence electrons. The first-order valence-electron chi connectivity index (χ1n) is 5.49. The summed E-state index contributed by atoms with van der Waals surface area (Å²) in [6.07, 6.45) is 1.03. The number of hydrogen-bond acceptors (Lipinski definition) is 4. The standard InChI is InChI=1S/C10H20N2O3/c1-2-4-14-8-10(13)12-7-9-6-11-3-5-15-9/h9,11H,2-8H2,1H3,(H,12,13). The minimum atomic E-state index is -0.0716.